The number of amides is 3. The summed E-state index contributed by atoms with van der Waals surface area (Å²) in [6, 6.07) is 7.57. The van der Waals surface area contributed by atoms with Crippen molar-refractivity contribution in [3.05, 3.63) is 30.3 Å². The third kappa shape index (κ3) is 3.65. The van der Waals surface area contributed by atoms with Crippen molar-refractivity contribution in [2.45, 2.75) is 23.8 Å². The van der Waals surface area contributed by atoms with Crippen molar-refractivity contribution in [1.82, 2.24) is 9.80 Å². The molecule has 1 aromatic carbocycles. The largest absolute Gasteiger partial charge is 0.439 e. The number of likely N-dealkylation sites (tertiary alicyclic amines) is 1. The third-order valence-electron chi connectivity index (χ3n) is 4.35. The summed E-state index contributed by atoms with van der Waals surface area (Å²) >= 11 is 0. The lowest BCUT2D eigenvalue weighted by Gasteiger charge is -2.20. The van der Waals surface area contributed by atoms with Gasteiger partial charge >= 0.3 is 6.09 Å². The standard InChI is InChI=1S/C16H18N2O6S/c19-14(7-9-25(22,23)13-4-2-1-3-5-13)17-8-6-12(10-17)18-15(20)11-24-16(18)21/h1-5,12H,6-11H2. The molecule has 0 N–H and O–H groups in total. The van der Waals surface area contributed by atoms with Crippen LogP contribution in [-0.2, 0) is 24.2 Å². The summed E-state index contributed by atoms with van der Waals surface area (Å²) in [6.45, 7) is 0.329. The molecule has 2 saturated heterocycles. The van der Waals surface area contributed by atoms with Crippen molar-refractivity contribution in [3.8, 4) is 0 Å². The van der Waals surface area contributed by atoms with Gasteiger partial charge in [0.15, 0.2) is 16.4 Å². The van der Waals surface area contributed by atoms with E-state index in [9.17, 15) is 22.8 Å². The highest BCUT2D eigenvalue weighted by molar-refractivity contribution is 7.91. The van der Waals surface area contributed by atoms with Crippen molar-refractivity contribution in [1.29, 1.82) is 0 Å². The minimum atomic E-state index is -3.52. The lowest BCUT2D eigenvalue weighted by atomic mass is 10.2. The summed E-state index contributed by atoms with van der Waals surface area (Å²) in [6.07, 6.45) is -0.351. The molecule has 8 nitrogen and oxygen atoms in total. The van der Waals surface area contributed by atoms with Crippen LogP contribution in [0.25, 0.3) is 0 Å². The Balaban J connectivity index is 1.56. The van der Waals surface area contributed by atoms with Crippen LogP contribution in [-0.4, -0.2) is 67.6 Å². The van der Waals surface area contributed by atoms with E-state index in [1.807, 2.05) is 0 Å². The summed E-state index contributed by atoms with van der Waals surface area (Å²) in [5.74, 6) is -0.986. The Morgan fingerprint density at radius 2 is 1.92 bits per heavy atom. The Labute approximate surface area is 145 Å². The summed E-state index contributed by atoms with van der Waals surface area (Å²) in [5.41, 5.74) is 0. The normalized spacial score (nSPS) is 20.9. The van der Waals surface area contributed by atoms with Gasteiger partial charge in [-0.25, -0.2) is 18.1 Å². The molecule has 2 fully saturated rings. The summed E-state index contributed by atoms with van der Waals surface area (Å²) < 4.78 is 29.1. The van der Waals surface area contributed by atoms with Gasteiger partial charge in [-0.3, -0.25) is 9.59 Å². The van der Waals surface area contributed by atoms with Gasteiger partial charge in [-0.2, -0.15) is 0 Å². The van der Waals surface area contributed by atoms with Crippen molar-refractivity contribution in [2.75, 3.05) is 25.4 Å². The number of imide groups is 1. The van der Waals surface area contributed by atoms with Gasteiger partial charge in [0, 0.05) is 19.5 Å². The number of sulfone groups is 1. The quantitative estimate of drug-likeness (QED) is 0.749. The monoisotopic (exact) mass is 366 g/mol. The molecular formula is C16H18N2O6S. The zero-order valence-corrected chi connectivity index (χ0v) is 14.3. The average molecular weight is 366 g/mol. The number of benzene rings is 1. The number of rotatable bonds is 5. The SMILES string of the molecule is O=C(CCS(=O)(=O)c1ccccc1)N1CCC(N2C(=O)COC2=O)C1. The molecular weight excluding hydrogens is 348 g/mol. The number of ether oxygens (including phenoxy) is 1. The average Bonchev–Trinajstić information content (AvgIpc) is 3.20. The lowest BCUT2D eigenvalue weighted by molar-refractivity contribution is -0.131. The lowest BCUT2D eigenvalue weighted by Crippen LogP contribution is -2.42. The molecule has 0 radical (unpaired) electrons. The van der Waals surface area contributed by atoms with Crippen LogP contribution in [0.3, 0.4) is 0 Å². The van der Waals surface area contributed by atoms with Crippen molar-refractivity contribution in [3.63, 3.8) is 0 Å². The van der Waals surface area contributed by atoms with Crippen molar-refractivity contribution >= 4 is 27.7 Å². The van der Waals surface area contributed by atoms with E-state index in [-0.39, 0.29) is 36.1 Å². The van der Waals surface area contributed by atoms with Gasteiger partial charge in [-0.1, -0.05) is 18.2 Å². The second-order valence-electron chi connectivity index (χ2n) is 5.98. The van der Waals surface area contributed by atoms with Gasteiger partial charge in [0.2, 0.25) is 5.91 Å². The fourth-order valence-corrected chi connectivity index (χ4v) is 4.27. The summed E-state index contributed by atoms with van der Waals surface area (Å²) in [7, 11) is -3.52. The summed E-state index contributed by atoms with van der Waals surface area (Å²) in [5, 5.41) is 0. The second kappa shape index (κ2) is 6.83. The van der Waals surface area contributed by atoms with E-state index in [0.717, 1.165) is 4.90 Å². The molecule has 0 bridgehead atoms. The number of cyclic esters (lactones) is 1. The highest BCUT2D eigenvalue weighted by Gasteiger charge is 2.41. The summed E-state index contributed by atoms with van der Waals surface area (Å²) in [4.78, 5) is 38.2. The van der Waals surface area contributed by atoms with E-state index in [4.69, 9.17) is 0 Å². The van der Waals surface area contributed by atoms with Crippen LogP contribution in [0, 0.1) is 0 Å². The molecule has 0 spiro atoms. The Bertz CT molecular complexity index is 776. The molecule has 3 rings (SSSR count). The first-order valence-electron chi connectivity index (χ1n) is 7.93. The predicted octanol–water partition coefficient (Wildman–Crippen LogP) is 0.430. The van der Waals surface area contributed by atoms with Gasteiger partial charge in [-0.05, 0) is 18.6 Å². The maximum Gasteiger partial charge on any atom is 0.417 e. The number of carbonyl (C=O) groups excluding carboxylic acids is 3. The van der Waals surface area contributed by atoms with Crippen molar-refractivity contribution in [2.24, 2.45) is 0 Å². The van der Waals surface area contributed by atoms with Crippen LogP contribution in [0.2, 0.25) is 0 Å². The molecule has 0 saturated carbocycles. The van der Waals surface area contributed by atoms with Crippen LogP contribution in [0.1, 0.15) is 12.8 Å². The smallest absolute Gasteiger partial charge is 0.417 e. The number of carbonyl (C=O) groups is 3. The van der Waals surface area contributed by atoms with Crippen LogP contribution in [0.5, 0.6) is 0 Å². The Kier molecular flexibility index (Phi) is 4.76. The van der Waals surface area contributed by atoms with Gasteiger partial charge in [0.05, 0.1) is 16.7 Å². The molecule has 0 aliphatic carbocycles. The molecule has 1 atom stereocenters. The molecule has 134 valence electrons. The van der Waals surface area contributed by atoms with Crippen LogP contribution >= 0.6 is 0 Å². The minimum absolute atomic E-state index is 0.137. The van der Waals surface area contributed by atoms with E-state index in [2.05, 4.69) is 4.74 Å². The Hall–Kier alpha value is -2.42. The van der Waals surface area contributed by atoms with E-state index in [1.165, 1.54) is 17.0 Å². The molecule has 1 unspecified atom stereocenters. The van der Waals surface area contributed by atoms with E-state index < -0.39 is 27.9 Å². The highest BCUT2D eigenvalue weighted by atomic mass is 32.2. The van der Waals surface area contributed by atoms with Crippen LogP contribution < -0.4 is 0 Å². The molecule has 2 heterocycles. The molecule has 25 heavy (non-hydrogen) atoms. The maximum absolute atomic E-state index is 12.3. The fourth-order valence-electron chi connectivity index (χ4n) is 3.02. The maximum atomic E-state index is 12.3. The zero-order valence-electron chi connectivity index (χ0n) is 13.5. The van der Waals surface area contributed by atoms with E-state index in [0.29, 0.717) is 13.0 Å². The Morgan fingerprint density at radius 1 is 1.20 bits per heavy atom. The van der Waals surface area contributed by atoms with E-state index >= 15 is 0 Å². The van der Waals surface area contributed by atoms with E-state index in [1.54, 1.807) is 18.2 Å². The number of hydrogen-bond acceptors (Lipinski definition) is 6. The van der Waals surface area contributed by atoms with Gasteiger partial charge in [0.25, 0.3) is 5.91 Å². The fraction of sp³-hybridized carbons (Fsp3) is 0.438. The zero-order chi connectivity index (χ0) is 18.0. The van der Waals surface area contributed by atoms with Gasteiger partial charge < -0.3 is 9.64 Å². The first-order chi connectivity index (χ1) is 11.9. The molecule has 3 amide bonds. The Morgan fingerprint density at radius 3 is 2.56 bits per heavy atom. The number of nitrogens with zero attached hydrogens (tertiary/aromatic N) is 2. The second-order valence-corrected chi connectivity index (χ2v) is 8.09. The first kappa shape index (κ1) is 17.4. The number of hydrogen-bond donors (Lipinski definition) is 0. The van der Waals surface area contributed by atoms with Gasteiger partial charge in [0.1, 0.15) is 0 Å². The van der Waals surface area contributed by atoms with Gasteiger partial charge in [-0.15, -0.1) is 0 Å². The van der Waals surface area contributed by atoms with Crippen molar-refractivity contribution < 1.29 is 27.5 Å². The van der Waals surface area contributed by atoms with Crippen LogP contribution in [0.4, 0.5) is 4.79 Å². The topological polar surface area (TPSA) is 101 Å². The minimum Gasteiger partial charge on any atom is -0.439 e. The molecule has 0 aromatic heterocycles. The molecule has 9 heteroatoms. The first-order valence-corrected chi connectivity index (χ1v) is 9.58. The predicted molar refractivity (Wildman–Crippen MR) is 86.3 cm³/mol. The van der Waals surface area contributed by atoms with Crippen LogP contribution in [0.15, 0.2) is 35.2 Å². The molecule has 2 aliphatic rings. The molecule has 1 aromatic rings. The third-order valence-corrected chi connectivity index (χ3v) is 6.08. The molecule has 2 aliphatic heterocycles. The highest BCUT2D eigenvalue weighted by Crippen LogP contribution is 2.21.